The third kappa shape index (κ3) is 12.9. The van der Waals surface area contributed by atoms with Gasteiger partial charge in [0.05, 0.1) is 12.1 Å². The topological polar surface area (TPSA) is 125 Å². The molecular weight excluding hydrogens is 628 g/mol. The van der Waals surface area contributed by atoms with Crippen molar-refractivity contribution >= 4 is 31.7 Å². The van der Waals surface area contributed by atoms with Crippen LogP contribution in [0.3, 0.4) is 0 Å². The third-order valence-electron chi connectivity index (χ3n) is 5.59. The highest BCUT2D eigenvalue weighted by atomic mass is 32.3. The number of aryl methyl sites for hydroxylation is 1. The van der Waals surface area contributed by atoms with Crippen LogP contribution in [0.1, 0.15) is 57.6 Å². The first-order valence-electron chi connectivity index (χ1n) is 12.6. The lowest BCUT2D eigenvalue weighted by atomic mass is 9.92. The van der Waals surface area contributed by atoms with E-state index in [9.17, 15) is 48.0 Å². The van der Waals surface area contributed by atoms with Crippen molar-refractivity contribution in [3.05, 3.63) is 76.7 Å². The van der Waals surface area contributed by atoms with Gasteiger partial charge in [0.15, 0.2) is 32.4 Å². The molecule has 1 amide bonds. The number of halogens is 6. The van der Waals surface area contributed by atoms with E-state index in [4.69, 9.17) is 4.74 Å². The molecule has 0 atom stereocenters. The molecule has 9 nitrogen and oxygen atoms in total. The SMILES string of the molecule is C=C(C)c1cccc(C(C)(C)NC(=O)OCCCCCC[n+]2ccccc2)c1.O=S(=O)([N-]S(=O)(=O)C(F)(F)F)C(F)(F)F. The van der Waals surface area contributed by atoms with Gasteiger partial charge in [-0.3, -0.25) is 0 Å². The Bertz CT molecular complexity index is 1390. The summed E-state index contributed by atoms with van der Waals surface area (Å²) >= 11 is 0. The Balaban J connectivity index is 0.000000523. The number of carbonyl (C=O) groups excluding carboxylic acids is 1. The summed E-state index contributed by atoms with van der Waals surface area (Å²) in [5.41, 5.74) is -9.80. The van der Waals surface area contributed by atoms with Crippen molar-refractivity contribution in [3.8, 4) is 0 Å². The molecule has 1 aromatic heterocycles. The summed E-state index contributed by atoms with van der Waals surface area (Å²) in [5, 5.41) is 2.97. The van der Waals surface area contributed by atoms with Gasteiger partial charge in [0.1, 0.15) is 6.54 Å². The first-order chi connectivity index (χ1) is 19.6. The molecule has 0 bridgehead atoms. The Hall–Kier alpha value is -3.18. The smallest absolute Gasteiger partial charge is 0.450 e. The lowest BCUT2D eigenvalue weighted by molar-refractivity contribution is -0.697. The summed E-state index contributed by atoms with van der Waals surface area (Å²) in [6.45, 7) is 11.4. The Morgan fingerprint density at radius 2 is 1.42 bits per heavy atom. The van der Waals surface area contributed by atoms with Crippen molar-refractivity contribution in [1.29, 1.82) is 0 Å². The van der Waals surface area contributed by atoms with Crippen LogP contribution in [-0.4, -0.2) is 40.6 Å². The number of unbranched alkanes of at least 4 members (excludes halogenated alkanes) is 3. The van der Waals surface area contributed by atoms with Crippen molar-refractivity contribution in [1.82, 2.24) is 5.32 Å². The Kier molecular flexibility index (Phi) is 13.7. The second-order valence-corrected chi connectivity index (χ2v) is 13.1. The number of hydrogen-bond acceptors (Lipinski definition) is 6. The fourth-order valence-corrected chi connectivity index (χ4v) is 4.96. The molecule has 0 saturated heterocycles. The largest absolute Gasteiger partial charge is 0.480 e. The number of amides is 1. The number of alkyl halides is 6. The van der Waals surface area contributed by atoms with Crippen LogP contribution in [0.15, 0.2) is 61.4 Å². The average Bonchev–Trinajstić information content (AvgIpc) is 2.87. The van der Waals surface area contributed by atoms with Crippen LogP contribution in [-0.2, 0) is 36.9 Å². The molecule has 0 aliphatic heterocycles. The van der Waals surface area contributed by atoms with E-state index in [0.29, 0.717) is 6.61 Å². The fourth-order valence-electron chi connectivity index (χ4n) is 3.25. The Labute approximate surface area is 247 Å². The van der Waals surface area contributed by atoms with Crippen molar-refractivity contribution in [2.75, 3.05) is 6.61 Å². The van der Waals surface area contributed by atoms with E-state index in [2.05, 4.69) is 34.9 Å². The van der Waals surface area contributed by atoms with E-state index in [0.717, 1.165) is 53.1 Å². The van der Waals surface area contributed by atoms with Crippen LogP contribution >= 0.6 is 0 Å². The molecule has 0 aliphatic rings. The van der Waals surface area contributed by atoms with E-state index in [-0.39, 0.29) is 6.09 Å². The molecule has 2 rings (SSSR count). The van der Waals surface area contributed by atoms with Crippen molar-refractivity contribution in [2.24, 2.45) is 0 Å². The van der Waals surface area contributed by atoms with Crippen LogP contribution < -0.4 is 9.88 Å². The second kappa shape index (κ2) is 15.5. The van der Waals surface area contributed by atoms with Gasteiger partial charge in [0.25, 0.3) is 0 Å². The molecule has 43 heavy (non-hydrogen) atoms. The quantitative estimate of drug-likeness (QED) is 0.162. The number of nitrogens with one attached hydrogen (secondary N) is 1. The first kappa shape index (κ1) is 37.8. The highest BCUT2D eigenvalue weighted by Crippen LogP contribution is 2.36. The summed E-state index contributed by atoms with van der Waals surface area (Å²) in [6, 6.07) is 14.2. The van der Waals surface area contributed by atoms with Crippen molar-refractivity contribution < 1.29 is 57.3 Å². The third-order valence-corrected chi connectivity index (χ3v) is 8.33. The zero-order valence-corrected chi connectivity index (χ0v) is 25.2. The lowest BCUT2D eigenvalue weighted by Gasteiger charge is -2.27. The van der Waals surface area contributed by atoms with E-state index in [1.165, 1.54) is 0 Å². The molecule has 0 aliphatic carbocycles. The maximum Gasteiger partial charge on any atom is 0.480 e. The van der Waals surface area contributed by atoms with E-state index in [1.54, 1.807) is 0 Å². The number of carbonyl (C=O) groups is 1. The van der Waals surface area contributed by atoms with Crippen LogP contribution in [0.4, 0.5) is 31.1 Å². The highest BCUT2D eigenvalue weighted by Gasteiger charge is 2.47. The Morgan fingerprint density at radius 3 is 1.93 bits per heavy atom. The number of alkyl carbamates (subject to hydrolysis) is 1. The van der Waals surface area contributed by atoms with Gasteiger partial charge in [-0.2, -0.15) is 26.3 Å². The minimum Gasteiger partial charge on any atom is -0.450 e. The zero-order valence-electron chi connectivity index (χ0n) is 23.6. The minimum absolute atomic E-state index is 0.370. The monoisotopic (exact) mass is 661 g/mol. The number of allylic oxidation sites excluding steroid dienone is 1. The van der Waals surface area contributed by atoms with E-state index in [1.807, 2.05) is 57.2 Å². The van der Waals surface area contributed by atoms with Gasteiger partial charge >= 0.3 is 17.1 Å². The molecule has 0 spiro atoms. The highest BCUT2D eigenvalue weighted by molar-refractivity contribution is 8.13. The van der Waals surface area contributed by atoms with Gasteiger partial charge in [0, 0.05) is 18.6 Å². The minimum atomic E-state index is -6.72. The summed E-state index contributed by atoms with van der Waals surface area (Å²) in [6.07, 6.45) is 8.01. The summed E-state index contributed by atoms with van der Waals surface area (Å²) in [5.74, 6) is 0. The predicted molar refractivity (Wildman–Crippen MR) is 147 cm³/mol. The zero-order chi connectivity index (χ0) is 33.1. The maximum absolute atomic E-state index is 12.2. The van der Waals surface area contributed by atoms with Gasteiger partial charge < -0.3 is 14.2 Å². The van der Waals surface area contributed by atoms with Crippen molar-refractivity contribution in [2.45, 2.75) is 69.6 Å². The summed E-state index contributed by atoms with van der Waals surface area (Å²) < 4.78 is 117. The standard InChI is InChI=1S/C24H32N2O2.C2F6NO4S2/c1-20(2)21-13-12-14-22(19-21)24(3,4)25-23(27)28-18-11-6-5-8-15-26-16-9-7-10-17-26;3-1(4,5)14(10,11)9-15(12,13)2(6,7)8/h7,9-10,12-14,16-17,19H,1,5-6,8,11,15,18H2,2-4H3;/q;-1/p+1. The number of ether oxygens (including phenoxy) is 1. The van der Waals surface area contributed by atoms with Crippen LogP contribution in [0.5, 0.6) is 0 Å². The number of hydrogen-bond donors (Lipinski definition) is 1. The van der Waals surface area contributed by atoms with Crippen LogP contribution in [0.2, 0.25) is 0 Å². The van der Waals surface area contributed by atoms with Crippen LogP contribution in [0, 0.1) is 0 Å². The van der Waals surface area contributed by atoms with Gasteiger partial charge in [-0.05, 0) is 57.2 Å². The number of nitrogens with zero attached hydrogens (tertiary/aromatic N) is 2. The molecule has 1 N–H and O–H groups in total. The van der Waals surface area contributed by atoms with Crippen LogP contribution in [0.25, 0.3) is 9.70 Å². The molecular formula is C26H33F6N3O6S2. The molecule has 242 valence electrons. The second-order valence-electron chi connectivity index (χ2n) is 9.69. The average molecular weight is 662 g/mol. The number of aromatic nitrogens is 1. The maximum atomic E-state index is 12.2. The summed E-state index contributed by atoms with van der Waals surface area (Å²) in [4.78, 5) is 12.2. The predicted octanol–water partition coefficient (Wildman–Crippen LogP) is 6.29. The molecule has 0 saturated carbocycles. The molecule has 0 unspecified atom stereocenters. The number of rotatable bonds is 12. The molecule has 2 aromatic rings. The fraction of sp³-hybridized carbons (Fsp3) is 0.462. The van der Waals surface area contributed by atoms with Gasteiger partial charge in [0.2, 0.25) is 0 Å². The van der Waals surface area contributed by atoms with Crippen molar-refractivity contribution in [3.63, 3.8) is 0 Å². The number of pyridine rings is 1. The summed E-state index contributed by atoms with van der Waals surface area (Å²) in [7, 11) is -13.4. The van der Waals surface area contributed by atoms with E-state index >= 15 is 0 Å². The normalized spacial score (nSPS) is 12.6. The first-order valence-corrected chi connectivity index (χ1v) is 15.5. The molecule has 17 heteroatoms. The van der Waals surface area contributed by atoms with Gasteiger partial charge in [-0.1, -0.05) is 36.4 Å². The van der Waals surface area contributed by atoms with E-state index < -0.39 is 36.6 Å². The molecule has 0 fully saturated rings. The molecule has 1 heterocycles. The number of benzene rings is 1. The van der Waals surface area contributed by atoms with Gasteiger partial charge in [-0.25, -0.2) is 26.2 Å². The van der Waals surface area contributed by atoms with Gasteiger partial charge in [-0.15, -0.1) is 0 Å². The lowest BCUT2D eigenvalue weighted by Crippen LogP contribution is -2.41. The molecule has 1 aromatic carbocycles. The number of sulfonamides is 2. The Morgan fingerprint density at radius 1 is 0.884 bits per heavy atom. The molecule has 0 radical (unpaired) electrons.